The second kappa shape index (κ2) is 12.1. The summed E-state index contributed by atoms with van der Waals surface area (Å²) >= 11 is 0. The number of nitrogens with zero attached hydrogens (tertiary/aromatic N) is 3. The van der Waals surface area contributed by atoms with E-state index in [0.717, 1.165) is 35.7 Å². The summed E-state index contributed by atoms with van der Waals surface area (Å²) in [5.74, 6) is 1.38. The highest BCUT2D eigenvalue weighted by molar-refractivity contribution is 5.68. The van der Waals surface area contributed by atoms with E-state index in [4.69, 9.17) is 9.26 Å². The number of benzene rings is 1. The number of ether oxygens (including phenoxy) is 1. The van der Waals surface area contributed by atoms with Crippen LogP contribution in [0.5, 0.6) is 0 Å². The minimum Gasteiger partial charge on any atom is -0.389 e. The van der Waals surface area contributed by atoms with Crippen LogP contribution in [0.1, 0.15) is 46.6 Å². The number of hydrogen-bond acceptors (Lipinski definition) is 6. The third kappa shape index (κ3) is 7.11. The molecular weight excluding hydrogens is 378 g/mol. The van der Waals surface area contributed by atoms with Gasteiger partial charge >= 0.3 is 0 Å². The number of anilines is 1. The Kier molecular flexibility index (Phi) is 9.82. The van der Waals surface area contributed by atoms with Crippen molar-refractivity contribution in [1.29, 1.82) is 0 Å². The smallest absolute Gasteiger partial charge is 0.232 e. The zero-order valence-electron chi connectivity index (χ0n) is 19.5. The average molecular weight is 418 g/mol. The molecule has 1 atom stereocenters. The van der Waals surface area contributed by atoms with Crippen molar-refractivity contribution < 1.29 is 14.4 Å². The Morgan fingerprint density at radius 1 is 1.13 bits per heavy atom. The Balaban J connectivity index is 2.34. The first-order chi connectivity index (χ1) is 14.3. The standard InChI is InChI=1S/C24H39N3O3/c1-7-29-17-21(28)15-27(14-13-18(2)3)16-22-23(20-11-9-8-10-12-20)25-30-24(22)26(6)19(4)5/h8-12,18-19,21,28H,7,13-17H2,1-6H3. The maximum Gasteiger partial charge on any atom is 0.232 e. The molecular formula is C24H39N3O3. The zero-order valence-corrected chi connectivity index (χ0v) is 19.5. The zero-order chi connectivity index (χ0) is 22.1. The molecule has 1 unspecified atom stereocenters. The van der Waals surface area contributed by atoms with E-state index in [1.54, 1.807) is 0 Å². The molecule has 1 heterocycles. The molecule has 2 aromatic rings. The van der Waals surface area contributed by atoms with E-state index in [0.29, 0.717) is 32.2 Å². The Labute approximate surface area is 181 Å². The molecule has 2 rings (SSSR count). The normalized spacial score (nSPS) is 12.9. The highest BCUT2D eigenvalue weighted by Crippen LogP contribution is 2.33. The number of rotatable bonds is 13. The fourth-order valence-corrected chi connectivity index (χ4v) is 3.28. The van der Waals surface area contributed by atoms with Gasteiger partial charge in [-0.1, -0.05) is 49.3 Å². The van der Waals surface area contributed by atoms with Gasteiger partial charge in [0.25, 0.3) is 0 Å². The average Bonchev–Trinajstić information content (AvgIpc) is 3.13. The van der Waals surface area contributed by atoms with E-state index in [1.165, 1.54) is 0 Å². The predicted molar refractivity (Wildman–Crippen MR) is 123 cm³/mol. The molecule has 0 saturated heterocycles. The van der Waals surface area contributed by atoms with Gasteiger partial charge in [0.05, 0.1) is 18.3 Å². The maximum atomic E-state index is 10.5. The first kappa shape index (κ1) is 24.4. The van der Waals surface area contributed by atoms with Crippen LogP contribution < -0.4 is 4.90 Å². The number of aromatic nitrogens is 1. The van der Waals surface area contributed by atoms with Crippen LogP contribution in [0.15, 0.2) is 34.9 Å². The number of aliphatic hydroxyl groups is 1. The van der Waals surface area contributed by atoms with Crippen LogP contribution in [0.2, 0.25) is 0 Å². The van der Waals surface area contributed by atoms with E-state index < -0.39 is 6.10 Å². The summed E-state index contributed by atoms with van der Waals surface area (Å²) in [4.78, 5) is 4.41. The van der Waals surface area contributed by atoms with Crippen LogP contribution >= 0.6 is 0 Å². The lowest BCUT2D eigenvalue weighted by molar-refractivity contribution is 0.0188. The lowest BCUT2D eigenvalue weighted by Gasteiger charge is -2.27. The van der Waals surface area contributed by atoms with E-state index in [1.807, 2.05) is 32.2 Å². The van der Waals surface area contributed by atoms with Gasteiger partial charge in [0, 0.05) is 38.3 Å². The van der Waals surface area contributed by atoms with Gasteiger partial charge in [0.1, 0.15) is 5.69 Å². The molecule has 0 spiro atoms. The van der Waals surface area contributed by atoms with Gasteiger partial charge < -0.3 is 19.3 Å². The van der Waals surface area contributed by atoms with Crippen molar-refractivity contribution in [3.05, 3.63) is 35.9 Å². The molecule has 0 bridgehead atoms. The van der Waals surface area contributed by atoms with Gasteiger partial charge in [-0.3, -0.25) is 4.90 Å². The Morgan fingerprint density at radius 2 is 1.83 bits per heavy atom. The predicted octanol–water partition coefficient (Wildman–Crippen LogP) is 4.43. The summed E-state index contributed by atoms with van der Waals surface area (Å²) in [5, 5.41) is 14.9. The van der Waals surface area contributed by atoms with Crippen molar-refractivity contribution >= 4 is 5.88 Å². The van der Waals surface area contributed by atoms with Crippen molar-refractivity contribution in [2.45, 2.75) is 59.7 Å². The molecule has 1 aromatic heterocycles. The molecule has 0 aliphatic carbocycles. The van der Waals surface area contributed by atoms with Crippen LogP contribution in [-0.4, -0.2) is 60.7 Å². The number of hydrogen-bond donors (Lipinski definition) is 1. The van der Waals surface area contributed by atoms with Crippen LogP contribution in [0.4, 0.5) is 5.88 Å². The lowest BCUT2D eigenvalue weighted by Crippen LogP contribution is -2.36. The van der Waals surface area contributed by atoms with Crippen molar-refractivity contribution in [3.8, 4) is 11.3 Å². The largest absolute Gasteiger partial charge is 0.389 e. The van der Waals surface area contributed by atoms with Gasteiger partial charge in [0.15, 0.2) is 0 Å². The van der Waals surface area contributed by atoms with Gasteiger partial charge in [0.2, 0.25) is 5.88 Å². The highest BCUT2D eigenvalue weighted by Gasteiger charge is 2.25. The summed E-state index contributed by atoms with van der Waals surface area (Å²) in [6.07, 6.45) is 0.534. The van der Waals surface area contributed by atoms with Crippen LogP contribution in [0.3, 0.4) is 0 Å². The Bertz CT molecular complexity index is 731. The molecule has 0 fully saturated rings. The van der Waals surface area contributed by atoms with Crippen molar-refractivity contribution in [2.75, 3.05) is 38.3 Å². The van der Waals surface area contributed by atoms with Crippen LogP contribution in [-0.2, 0) is 11.3 Å². The highest BCUT2D eigenvalue weighted by atomic mass is 16.5. The molecule has 0 radical (unpaired) electrons. The SMILES string of the molecule is CCOCC(O)CN(CCC(C)C)Cc1c(-c2ccccc2)noc1N(C)C(C)C. The van der Waals surface area contributed by atoms with Gasteiger partial charge in [-0.15, -0.1) is 0 Å². The molecule has 0 amide bonds. The molecule has 6 heteroatoms. The molecule has 30 heavy (non-hydrogen) atoms. The monoisotopic (exact) mass is 417 g/mol. The summed E-state index contributed by atoms with van der Waals surface area (Å²) in [7, 11) is 2.03. The molecule has 0 aliphatic heterocycles. The Hall–Kier alpha value is -1.89. The quantitative estimate of drug-likeness (QED) is 0.520. The molecule has 1 N–H and O–H groups in total. The third-order valence-electron chi connectivity index (χ3n) is 5.30. The molecule has 0 saturated carbocycles. The van der Waals surface area contributed by atoms with Crippen molar-refractivity contribution in [2.24, 2.45) is 5.92 Å². The van der Waals surface area contributed by atoms with Crippen molar-refractivity contribution in [1.82, 2.24) is 10.1 Å². The van der Waals surface area contributed by atoms with Gasteiger partial charge in [-0.25, -0.2) is 0 Å². The first-order valence-electron chi connectivity index (χ1n) is 11.1. The molecule has 168 valence electrons. The summed E-state index contributed by atoms with van der Waals surface area (Å²) in [6, 6.07) is 10.4. The Morgan fingerprint density at radius 3 is 2.43 bits per heavy atom. The van der Waals surface area contributed by atoms with E-state index >= 15 is 0 Å². The molecule has 1 aromatic carbocycles. The van der Waals surface area contributed by atoms with Crippen LogP contribution in [0, 0.1) is 5.92 Å². The van der Waals surface area contributed by atoms with Gasteiger partial charge in [-0.2, -0.15) is 0 Å². The fourth-order valence-electron chi connectivity index (χ4n) is 3.28. The second-order valence-corrected chi connectivity index (χ2v) is 8.62. The van der Waals surface area contributed by atoms with Crippen LogP contribution in [0.25, 0.3) is 11.3 Å². The van der Waals surface area contributed by atoms with E-state index in [-0.39, 0.29) is 6.04 Å². The minimum absolute atomic E-state index is 0.285. The molecule has 6 nitrogen and oxygen atoms in total. The maximum absolute atomic E-state index is 10.5. The third-order valence-corrected chi connectivity index (χ3v) is 5.30. The van der Waals surface area contributed by atoms with E-state index in [9.17, 15) is 5.11 Å². The summed E-state index contributed by atoms with van der Waals surface area (Å²) in [5.41, 5.74) is 2.97. The minimum atomic E-state index is -0.525. The fraction of sp³-hybridized carbons (Fsp3) is 0.625. The van der Waals surface area contributed by atoms with Crippen molar-refractivity contribution in [3.63, 3.8) is 0 Å². The topological polar surface area (TPSA) is 62.0 Å². The number of aliphatic hydroxyl groups excluding tert-OH is 1. The lowest BCUT2D eigenvalue weighted by atomic mass is 10.1. The van der Waals surface area contributed by atoms with E-state index in [2.05, 4.69) is 54.8 Å². The summed E-state index contributed by atoms with van der Waals surface area (Å²) < 4.78 is 11.3. The second-order valence-electron chi connectivity index (χ2n) is 8.62. The summed E-state index contributed by atoms with van der Waals surface area (Å²) in [6.45, 7) is 13.7. The molecule has 0 aliphatic rings. The van der Waals surface area contributed by atoms with Gasteiger partial charge in [-0.05, 0) is 39.7 Å². The first-order valence-corrected chi connectivity index (χ1v) is 11.1.